The van der Waals surface area contributed by atoms with Gasteiger partial charge in [-0.05, 0) is 11.6 Å². The van der Waals surface area contributed by atoms with Gasteiger partial charge in [-0.3, -0.25) is 0 Å². The van der Waals surface area contributed by atoms with Gasteiger partial charge in [-0.15, -0.1) is 12.4 Å². The van der Waals surface area contributed by atoms with E-state index in [1.807, 2.05) is 48.5 Å². The van der Waals surface area contributed by atoms with Crippen molar-refractivity contribution in [3.05, 3.63) is 54.6 Å². The molecule has 0 aliphatic rings. The molecule has 1 nitrogen and oxygen atoms in total. The van der Waals surface area contributed by atoms with Gasteiger partial charge in [0, 0.05) is 5.56 Å². The first-order valence-electron chi connectivity index (χ1n) is 4.21. The van der Waals surface area contributed by atoms with Crippen molar-refractivity contribution in [2.45, 2.75) is 0 Å². The van der Waals surface area contributed by atoms with E-state index in [4.69, 9.17) is 0 Å². The number of hydrogen-bond donors (Lipinski definition) is 1. The Kier molecular flexibility index (Phi) is 6.70. The fourth-order valence-corrected chi connectivity index (χ4v) is 1.34. The van der Waals surface area contributed by atoms with E-state index in [9.17, 15) is 5.11 Å². The van der Waals surface area contributed by atoms with Crippen molar-refractivity contribution >= 4 is 42.0 Å². The van der Waals surface area contributed by atoms with E-state index in [0.717, 1.165) is 11.1 Å². The third kappa shape index (κ3) is 3.54. The van der Waals surface area contributed by atoms with Crippen LogP contribution in [0.1, 0.15) is 0 Å². The summed E-state index contributed by atoms with van der Waals surface area (Å²) in [7, 11) is 0. The van der Waals surface area contributed by atoms with Gasteiger partial charge in [0.25, 0.3) is 0 Å². The molecule has 0 saturated carbocycles. The maximum atomic E-state index is 9.56. The summed E-state index contributed by atoms with van der Waals surface area (Å²) in [5, 5.41) is 9.56. The summed E-state index contributed by atoms with van der Waals surface area (Å²) in [5.41, 5.74) is 1.92. The molecule has 1 N–H and O–H groups in total. The molecular weight excluding hydrogens is 219 g/mol. The van der Waals surface area contributed by atoms with E-state index >= 15 is 0 Å². The van der Waals surface area contributed by atoms with E-state index in [0.29, 0.717) is 5.75 Å². The molecule has 0 radical (unpaired) electrons. The molecule has 3 heteroatoms. The van der Waals surface area contributed by atoms with Crippen LogP contribution < -0.4 is 0 Å². The first-order valence-corrected chi connectivity index (χ1v) is 4.21. The molecule has 0 amide bonds. The number of para-hydroxylation sites is 1. The van der Waals surface area contributed by atoms with Gasteiger partial charge in [-0.1, -0.05) is 48.5 Å². The number of halogens is 1. The monoisotopic (exact) mass is 230 g/mol. The third-order valence-electron chi connectivity index (χ3n) is 1.99. The molecule has 0 heterocycles. The van der Waals surface area contributed by atoms with Gasteiger partial charge in [0.2, 0.25) is 0 Å². The normalized spacial score (nSPS) is 8.53. The Morgan fingerprint density at radius 1 is 0.733 bits per heavy atom. The minimum absolute atomic E-state index is 0. The molecule has 0 aliphatic carbocycles. The molecule has 15 heavy (non-hydrogen) atoms. The van der Waals surface area contributed by atoms with E-state index in [-0.39, 0.29) is 42.0 Å². The number of phenolic OH excluding ortho intramolecular Hbond substituents is 1. The van der Waals surface area contributed by atoms with Crippen molar-refractivity contribution < 1.29 is 5.11 Å². The van der Waals surface area contributed by atoms with Crippen LogP contribution >= 0.6 is 12.4 Å². The Morgan fingerprint density at radius 2 is 1.27 bits per heavy atom. The van der Waals surface area contributed by atoms with Gasteiger partial charge in [-0.25, -0.2) is 0 Å². The molecule has 2 aromatic carbocycles. The van der Waals surface area contributed by atoms with Crippen LogP contribution in [0, 0.1) is 0 Å². The second-order valence-corrected chi connectivity index (χ2v) is 2.88. The molecule has 0 aliphatic heterocycles. The first kappa shape index (κ1) is 14.5. The number of phenols is 1. The van der Waals surface area contributed by atoms with Crippen LogP contribution in [0.25, 0.3) is 11.1 Å². The van der Waals surface area contributed by atoms with Crippen LogP contribution in [0.4, 0.5) is 0 Å². The van der Waals surface area contributed by atoms with Gasteiger partial charge >= 0.3 is 29.6 Å². The summed E-state index contributed by atoms with van der Waals surface area (Å²) in [6.07, 6.45) is 0. The summed E-state index contributed by atoms with van der Waals surface area (Å²) in [6.45, 7) is 0. The number of hydrogen-bond acceptors (Lipinski definition) is 1. The predicted octanol–water partition coefficient (Wildman–Crippen LogP) is 2.83. The Hall–Kier alpha value is -0.470. The van der Waals surface area contributed by atoms with Crippen molar-refractivity contribution in [2.75, 3.05) is 0 Å². The Bertz CT molecular complexity index is 403. The molecule has 74 valence electrons. The van der Waals surface area contributed by atoms with Crippen LogP contribution in [0.3, 0.4) is 0 Å². The zero-order valence-corrected chi connectivity index (χ0v) is 8.37. The van der Waals surface area contributed by atoms with Crippen molar-refractivity contribution in [1.82, 2.24) is 0 Å². The van der Waals surface area contributed by atoms with E-state index in [1.54, 1.807) is 6.07 Å². The topological polar surface area (TPSA) is 20.2 Å². The summed E-state index contributed by atoms with van der Waals surface area (Å²) in [6, 6.07) is 17.2. The third-order valence-corrected chi connectivity index (χ3v) is 1.99. The van der Waals surface area contributed by atoms with Gasteiger partial charge in [0.1, 0.15) is 5.75 Å². The van der Waals surface area contributed by atoms with Crippen LogP contribution in [0.2, 0.25) is 0 Å². The molecule has 0 unspecified atom stereocenters. The Labute approximate surface area is 118 Å². The summed E-state index contributed by atoms with van der Waals surface area (Å²) in [5.74, 6) is 0.328. The molecule has 0 fully saturated rings. The Morgan fingerprint density at radius 3 is 1.87 bits per heavy atom. The van der Waals surface area contributed by atoms with Crippen LogP contribution in [0.5, 0.6) is 5.75 Å². The molecule has 2 rings (SSSR count). The second kappa shape index (κ2) is 6.91. The molecule has 0 saturated heterocycles. The van der Waals surface area contributed by atoms with E-state index < -0.39 is 0 Å². The number of aromatic hydroxyl groups is 1. The first-order chi connectivity index (χ1) is 6.38. The van der Waals surface area contributed by atoms with Gasteiger partial charge < -0.3 is 5.11 Å². The molecule has 0 aromatic heterocycles. The maximum absolute atomic E-state index is 9.56. The zero-order valence-electron chi connectivity index (χ0n) is 7.55. The van der Waals surface area contributed by atoms with Crippen molar-refractivity contribution in [3.63, 3.8) is 0 Å². The Balaban J connectivity index is 0.000000980. The van der Waals surface area contributed by atoms with E-state index in [2.05, 4.69) is 0 Å². The minimum atomic E-state index is 0. The van der Waals surface area contributed by atoms with Gasteiger partial charge in [0.15, 0.2) is 0 Å². The van der Waals surface area contributed by atoms with Crippen LogP contribution in [0.15, 0.2) is 54.6 Å². The average Bonchev–Trinajstić information content (AvgIpc) is 2.20. The summed E-state index contributed by atoms with van der Waals surface area (Å²) in [4.78, 5) is 0. The van der Waals surface area contributed by atoms with E-state index in [1.165, 1.54) is 0 Å². The number of benzene rings is 2. The second-order valence-electron chi connectivity index (χ2n) is 2.88. The molecule has 0 bridgehead atoms. The quantitative estimate of drug-likeness (QED) is 0.747. The molecule has 2 aromatic rings. The van der Waals surface area contributed by atoms with Crippen LogP contribution in [-0.4, -0.2) is 34.7 Å². The molecular formula is C12H12ClNaO. The predicted molar refractivity (Wildman–Crippen MR) is 67.9 cm³/mol. The average molecular weight is 231 g/mol. The van der Waals surface area contributed by atoms with Crippen molar-refractivity contribution in [1.29, 1.82) is 0 Å². The van der Waals surface area contributed by atoms with Gasteiger partial charge in [-0.2, -0.15) is 0 Å². The summed E-state index contributed by atoms with van der Waals surface area (Å²) < 4.78 is 0. The fraction of sp³-hybridized carbons (Fsp3) is 0. The van der Waals surface area contributed by atoms with Gasteiger partial charge in [0.05, 0.1) is 0 Å². The van der Waals surface area contributed by atoms with Crippen molar-refractivity contribution in [3.8, 4) is 16.9 Å². The summed E-state index contributed by atoms with van der Waals surface area (Å²) >= 11 is 0. The fourth-order valence-electron chi connectivity index (χ4n) is 1.34. The number of rotatable bonds is 1. The molecule has 0 spiro atoms. The zero-order chi connectivity index (χ0) is 9.10. The van der Waals surface area contributed by atoms with Crippen LogP contribution in [-0.2, 0) is 0 Å². The standard InChI is InChI=1S/C12H10O.ClH.Na.H/c13-12-9-5-4-8-11(12)10-6-2-1-3-7-10;;;/h1-9,13H;1H;;. The molecule has 0 atom stereocenters. The van der Waals surface area contributed by atoms with Crippen molar-refractivity contribution in [2.24, 2.45) is 0 Å². The SMILES string of the molecule is Cl.Oc1ccccc1-c1ccccc1.[NaH].